The smallest absolute Gasteiger partial charge is 0.326 e. The fourth-order valence-corrected chi connectivity index (χ4v) is 5.74. The van der Waals surface area contributed by atoms with E-state index < -0.39 is 125 Å². The highest BCUT2D eigenvalue weighted by atomic mass is 35.5. The third kappa shape index (κ3) is 12.8. The molecular weight excluding hydrogens is 771 g/mol. The van der Waals surface area contributed by atoms with Crippen molar-refractivity contribution in [2.24, 2.45) is 17.6 Å². The van der Waals surface area contributed by atoms with Gasteiger partial charge >= 0.3 is 5.97 Å². The van der Waals surface area contributed by atoms with E-state index >= 15 is 0 Å². The lowest BCUT2D eigenvalue weighted by molar-refractivity contribution is -0.150. The molecule has 19 nitrogen and oxygen atoms in total. The Morgan fingerprint density at radius 1 is 1.02 bits per heavy atom. The average Bonchev–Trinajstić information content (AvgIpc) is 3.34. The van der Waals surface area contributed by atoms with Gasteiger partial charge in [0.2, 0.25) is 18.1 Å². The van der Waals surface area contributed by atoms with Gasteiger partial charge in [0.05, 0.1) is 6.10 Å². The Hall–Kier alpha value is -3.56. The van der Waals surface area contributed by atoms with Crippen molar-refractivity contribution in [3.05, 3.63) is 22.6 Å². The second kappa shape index (κ2) is 20.8. The van der Waals surface area contributed by atoms with Crippen molar-refractivity contribution in [2.75, 3.05) is 6.54 Å². The van der Waals surface area contributed by atoms with Crippen molar-refractivity contribution in [1.29, 1.82) is 0 Å². The molecule has 22 heteroatoms. The number of halogens is 3. The van der Waals surface area contributed by atoms with Crippen LogP contribution in [0.1, 0.15) is 52.9 Å². The second-order valence-corrected chi connectivity index (χ2v) is 14.2. The summed E-state index contributed by atoms with van der Waals surface area (Å²) in [5, 5.41) is 61.0. The van der Waals surface area contributed by atoms with Crippen LogP contribution in [0.5, 0.6) is 0 Å². The number of nitrogens with one attached hydrogen (secondary N) is 5. The fraction of sp³-hybridized carbons (Fsp3) is 0.645. The lowest BCUT2D eigenvalue weighted by atomic mass is 9.96. The van der Waals surface area contributed by atoms with E-state index in [0.717, 1.165) is 0 Å². The number of carbonyl (C=O) groups is 7. The van der Waals surface area contributed by atoms with Gasteiger partial charge in [-0.15, -0.1) is 23.2 Å². The molecule has 0 aromatic heterocycles. The maximum Gasteiger partial charge on any atom is 0.326 e. The number of hydrogen-bond acceptors (Lipinski definition) is 13. The molecule has 1 aliphatic heterocycles. The molecule has 0 saturated carbocycles. The van der Waals surface area contributed by atoms with Gasteiger partial charge in [-0.25, -0.2) is 4.79 Å². The van der Waals surface area contributed by atoms with Crippen LogP contribution in [0.3, 0.4) is 0 Å². The third-order valence-electron chi connectivity index (χ3n) is 8.36. The normalized spacial score (nSPS) is 24.3. The first-order valence-corrected chi connectivity index (χ1v) is 17.7. The Morgan fingerprint density at radius 3 is 2.19 bits per heavy atom. The summed E-state index contributed by atoms with van der Waals surface area (Å²) < 4.78 is 6.09. The van der Waals surface area contributed by atoms with Crippen LogP contribution in [-0.4, -0.2) is 127 Å². The number of amides is 5. The molecule has 1 aliphatic carbocycles. The molecule has 0 aromatic rings. The Labute approximate surface area is 319 Å². The molecule has 0 bridgehead atoms. The summed E-state index contributed by atoms with van der Waals surface area (Å²) in [6.07, 6.45) is -8.59. The van der Waals surface area contributed by atoms with Crippen LogP contribution in [0, 0.1) is 11.8 Å². The number of aliphatic carboxylic acids is 1. The predicted octanol–water partition coefficient (Wildman–Crippen LogP) is -2.52. The summed E-state index contributed by atoms with van der Waals surface area (Å²) in [5.41, 5.74) is 5.26. The number of ketones is 1. The molecule has 0 spiro atoms. The average molecular weight is 816 g/mol. The summed E-state index contributed by atoms with van der Waals surface area (Å²) in [6, 6.07) is -6.97. The van der Waals surface area contributed by atoms with Crippen molar-refractivity contribution >= 4 is 76.1 Å². The monoisotopic (exact) mass is 814 g/mol. The molecule has 0 saturated heterocycles. The number of carboxylic acid groups (broad SMARTS) is 1. The van der Waals surface area contributed by atoms with Crippen LogP contribution >= 0.6 is 34.8 Å². The SMILES string of the molecule is CC(C)C1OC2=C(C[C@@H](C(=O)O)NC(=O)/C(=C\Cl)NC(=O)[C@H]1NC(=O)[C@@H](NC(=O)[C@H](C[C@H](C)C(Cl)Cl)NC(=O)C(O)O)[C@H](O)CCCN)C(=O)C(O)C2. The van der Waals surface area contributed by atoms with Crippen molar-refractivity contribution in [2.45, 2.75) is 106 Å². The number of carbonyl (C=O) groups excluding carboxylic acids is 6. The van der Waals surface area contributed by atoms with Gasteiger partial charge in [0.1, 0.15) is 52.7 Å². The van der Waals surface area contributed by atoms with E-state index in [-0.39, 0.29) is 37.1 Å². The van der Waals surface area contributed by atoms with Gasteiger partial charge < -0.3 is 62.6 Å². The molecular formula is C31H45Cl3N6O13. The summed E-state index contributed by atoms with van der Waals surface area (Å²) in [7, 11) is 0. The number of Topliss-reactive ketones (excluding diaryl/α,β-unsaturated/α-hetero) is 1. The highest BCUT2D eigenvalue weighted by Crippen LogP contribution is 2.31. The molecule has 2 rings (SSSR count). The molecule has 2 unspecified atom stereocenters. The molecule has 298 valence electrons. The number of carboxylic acids is 1. The molecule has 53 heavy (non-hydrogen) atoms. The van der Waals surface area contributed by atoms with E-state index in [0.29, 0.717) is 5.54 Å². The third-order valence-corrected chi connectivity index (χ3v) is 9.44. The Balaban J connectivity index is 2.64. The first kappa shape index (κ1) is 45.6. The molecule has 12 N–H and O–H groups in total. The van der Waals surface area contributed by atoms with Gasteiger partial charge in [-0.1, -0.05) is 32.4 Å². The number of alkyl halides is 2. The summed E-state index contributed by atoms with van der Waals surface area (Å²) in [5.74, 6) is -10.0. The fourth-order valence-electron chi connectivity index (χ4n) is 5.38. The van der Waals surface area contributed by atoms with E-state index in [1.54, 1.807) is 13.8 Å². The van der Waals surface area contributed by atoms with Crippen LogP contribution in [0.25, 0.3) is 0 Å². The number of rotatable bonds is 15. The van der Waals surface area contributed by atoms with Gasteiger partial charge in [0.15, 0.2) is 5.78 Å². The molecule has 1 heterocycles. The molecule has 0 aromatic carbocycles. The zero-order valence-corrected chi connectivity index (χ0v) is 31.2. The van der Waals surface area contributed by atoms with Crippen LogP contribution in [0.15, 0.2) is 22.6 Å². The molecule has 2 aliphatic rings. The van der Waals surface area contributed by atoms with Crippen molar-refractivity contribution in [1.82, 2.24) is 26.6 Å². The van der Waals surface area contributed by atoms with E-state index in [1.807, 2.05) is 0 Å². The number of ether oxygens (including phenoxy) is 1. The quantitative estimate of drug-likeness (QED) is 0.0462. The minimum Gasteiger partial charge on any atom is -0.491 e. The molecule has 8 atom stereocenters. The van der Waals surface area contributed by atoms with Crippen molar-refractivity contribution in [3.63, 3.8) is 0 Å². The Bertz CT molecular complexity index is 1460. The summed E-state index contributed by atoms with van der Waals surface area (Å²) in [4.78, 5) is 90.5. The molecule has 5 amide bonds. The number of hydrogen-bond donors (Lipinski definition) is 11. The highest BCUT2D eigenvalue weighted by molar-refractivity contribution is 6.44. The number of aliphatic hydroxyl groups excluding tert-OH is 3. The minimum atomic E-state index is -2.53. The van der Waals surface area contributed by atoms with E-state index in [2.05, 4.69) is 26.6 Å². The Kier molecular flexibility index (Phi) is 17.9. The maximum atomic E-state index is 14.0. The lowest BCUT2D eigenvalue weighted by Crippen LogP contribution is -2.63. The molecule has 0 radical (unpaired) electrons. The topological polar surface area (TPSA) is 316 Å². The lowest BCUT2D eigenvalue weighted by Gasteiger charge is -2.34. The highest BCUT2D eigenvalue weighted by Gasteiger charge is 2.43. The van der Waals surface area contributed by atoms with Crippen LogP contribution in [0.4, 0.5) is 0 Å². The van der Waals surface area contributed by atoms with Crippen molar-refractivity contribution < 1.29 is 63.8 Å². The van der Waals surface area contributed by atoms with E-state index in [1.165, 1.54) is 6.92 Å². The van der Waals surface area contributed by atoms with Gasteiger partial charge in [-0.2, -0.15) is 0 Å². The van der Waals surface area contributed by atoms with Gasteiger partial charge in [-0.05, 0) is 37.6 Å². The first-order valence-electron chi connectivity index (χ1n) is 16.4. The summed E-state index contributed by atoms with van der Waals surface area (Å²) >= 11 is 17.7. The van der Waals surface area contributed by atoms with E-state index in [4.69, 9.17) is 45.3 Å². The zero-order valence-electron chi connectivity index (χ0n) is 28.9. The van der Waals surface area contributed by atoms with Gasteiger partial charge in [-0.3, -0.25) is 28.8 Å². The van der Waals surface area contributed by atoms with E-state index in [9.17, 15) is 59.1 Å². The number of aliphatic hydroxyl groups is 4. The second-order valence-electron chi connectivity index (χ2n) is 12.8. The van der Waals surface area contributed by atoms with Crippen LogP contribution in [0.2, 0.25) is 0 Å². The van der Waals surface area contributed by atoms with Gasteiger partial charge in [0.25, 0.3) is 17.7 Å². The van der Waals surface area contributed by atoms with Crippen LogP contribution in [-0.2, 0) is 38.3 Å². The predicted molar refractivity (Wildman–Crippen MR) is 186 cm³/mol. The molecule has 0 fully saturated rings. The zero-order chi connectivity index (χ0) is 40.3. The Morgan fingerprint density at radius 2 is 1.66 bits per heavy atom. The van der Waals surface area contributed by atoms with Gasteiger partial charge in [0, 0.05) is 23.9 Å². The summed E-state index contributed by atoms with van der Waals surface area (Å²) in [6.45, 7) is 4.69. The van der Waals surface area contributed by atoms with Crippen LogP contribution < -0.4 is 32.3 Å². The largest absolute Gasteiger partial charge is 0.491 e. The number of nitrogens with two attached hydrogens (primary N) is 1. The van der Waals surface area contributed by atoms with Crippen molar-refractivity contribution in [3.8, 4) is 0 Å². The standard InChI is InChI=1S/C31H45Cl3N6O13/c1-11(2)23-21(28(47)38-16(10-32)26(45)37-15(30(49)50)8-13-19(53-23)9-18(42)22(13)43)40-27(46)20(17(41)5-4-6-35)39-25(44)14(7-12(3)24(33)34)36-29(48)31(51)52/h10-12,14-15,17-18,20-21,23-24,31,41-42,51-52H,4-9,35H2,1-3H3,(H,36,48)(H,37,45)(H,38,47)(H,39,44)(H,40,46)(H,49,50)/b16-10+/t12-,14-,15-,17+,18?,20-,21-,23?/m0/s1. The minimum absolute atomic E-state index is 0.0609. The maximum absolute atomic E-state index is 14.0. The first-order chi connectivity index (χ1) is 24.7.